The van der Waals surface area contributed by atoms with Crippen molar-refractivity contribution in [3.8, 4) is 0 Å². The van der Waals surface area contributed by atoms with Crippen molar-refractivity contribution in [1.29, 1.82) is 0 Å². The number of halogens is 1. The van der Waals surface area contributed by atoms with Crippen LogP contribution in [0.1, 0.15) is 42.5 Å². The van der Waals surface area contributed by atoms with Crippen LogP contribution in [0.4, 0.5) is 4.39 Å². The maximum atomic E-state index is 12.7. The highest BCUT2D eigenvalue weighted by molar-refractivity contribution is 5.96. The van der Waals surface area contributed by atoms with Gasteiger partial charge in [-0.15, -0.1) is 0 Å². The second-order valence-corrected chi connectivity index (χ2v) is 4.91. The minimum absolute atomic E-state index is 0.0152. The van der Waals surface area contributed by atoms with Gasteiger partial charge >= 0.3 is 0 Å². The fourth-order valence-corrected chi connectivity index (χ4v) is 2.37. The summed E-state index contributed by atoms with van der Waals surface area (Å²) >= 11 is 0. The van der Waals surface area contributed by atoms with Crippen LogP contribution in [0.25, 0.3) is 0 Å². The molecule has 0 bridgehead atoms. The van der Waals surface area contributed by atoms with E-state index in [-0.39, 0.29) is 11.6 Å². The third-order valence-electron chi connectivity index (χ3n) is 3.47. The van der Waals surface area contributed by atoms with E-state index in [0.717, 1.165) is 6.61 Å². The molecule has 0 radical (unpaired) electrons. The number of carbonyl (C=O) groups is 1. The number of hydrogen-bond donors (Lipinski definition) is 0. The van der Waals surface area contributed by atoms with Crippen molar-refractivity contribution in [3.63, 3.8) is 0 Å². The summed E-state index contributed by atoms with van der Waals surface area (Å²) < 4.78 is 18.2. The molecule has 0 unspecified atom stereocenters. The quantitative estimate of drug-likeness (QED) is 0.569. The topological polar surface area (TPSA) is 26.3 Å². The van der Waals surface area contributed by atoms with E-state index >= 15 is 0 Å². The van der Waals surface area contributed by atoms with Gasteiger partial charge in [0.15, 0.2) is 5.78 Å². The minimum atomic E-state index is -0.316. The van der Waals surface area contributed by atoms with E-state index in [4.69, 9.17) is 4.74 Å². The van der Waals surface area contributed by atoms with Crippen LogP contribution in [0.15, 0.2) is 24.3 Å². The van der Waals surface area contributed by atoms with Crippen molar-refractivity contribution in [2.75, 3.05) is 13.2 Å². The summed E-state index contributed by atoms with van der Waals surface area (Å²) in [5.41, 5.74) is 0.556. The van der Waals surface area contributed by atoms with Gasteiger partial charge in [0.1, 0.15) is 5.82 Å². The molecule has 0 saturated heterocycles. The third kappa shape index (κ3) is 3.91. The molecule has 0 N–H and O–H groups in total. The number of Topliss-reactive ketones (excluding diaryl/α,β-unsaturated/α-hetero) is 1. The van der Waals surface area contributed by atoms with Gasteiger partial charge in [-0.3, -0.25) is 4.79 Å². The Hall–Kier alpha value is -1.22. The van der Waals surface area contributed by atoms with Crippen molar-refractivity contribution < 1.29 is 13.9 Å². The van der Waals surface area contributed by atoms with Gasteiger partial charge in [0.2, 0.25) is 0 Å². The molecule has 0 atom stereocenters. The van der Waals surface area contributed by atoms with Gasteiger partial charge in [0.05, 0.1) is 6.61 Å². The molecule has 2 nitrogen and oxygen atoms in total. The van der Waals surface area contributed by atoms with Gasteiger partial charge in [0, 0.05) is 18.6 Å². The number of ketones is 1. The molecule has 1 aliphatic carbocycles. The van der Waals surface area contributed by atoms with Gasteiger partial charge in [-0.05, 0) is 43.0 Å². The summed E-state index contributed by atoms with van der Waals surface area (Å²) in [6.45, 7) is 1.24. The van der Waals surface area contributed by atoms with E-state index in [0.29, 0.717) is 24.5 Å². The van der Waals surface area contributed by atoms with E-state index in [9.17, 15) is 9.18 Å². The third-order valence-corrected chi connectivity index (χ3v) is 3.47. The Morgan fingerprint density at radius 1 is 1.22 bits per heavy atom. The normalized spacial score (nSPS) is 16.1. The highest BCUT2D eigenvalue weighted by Gasteiger charge is 2.15. The smallest absolute Gasteiger partial charge is 0.165 e. The van der Waals surface area contributed by atoms with Crippen LogP contribution < -0.4 is 0 Å². The predicted octanol–water partition coefficient (Wildman–Crippen LogP) is 3.61. The lowest BCUT2D eigenvalue weighted by atomic mass is 10.1. The largest absolute Gasteiger partial charge is 0.381 e. The van der Waals surface area contributed by atoms with Crippen molar-refractivity contribution in [1.82, 2.24) is 0 Å². The van der Waals surface area contributed by atoms with Gasteiger partial charge < -0.3 is 4.74 Å². The fraction of sp³-hybridized carbons (Fsp3) is 0.533. The Balaban J connectivity index is 1.66. The van der Waals surface area contributed by atoms with Crippen molar-refractivity contribution >= 4 is 5.78 Å². The molecule has 1 aromatic rings. The molecular formula is C15H19FO2. The summed E-state index contributed by atoms with van der Waals surface area (Å²) in [5.74, 6) is 0.386. The molecule has 2 rings (SSSR count). The standard InChI is InChI=1S/C15H19FO2/c16-14-7-5-13(6-8-14)15(17)9-10-18-11-12-3-1-2-4-12/h5-8,12H,1-4,9-11H2. The first-order chi connectivity index (χ1) is 8.75. The Morgan fingerprint density at radius 2 is 1.89 bits per heavy atom. The molecule has 1 fully saturated rings. The summed E-state index contributed by atoms with van der Waals surface area (Å²) in [6, 6.07) is 5.67. The Morgan fingerprint density at radius 3 is 2.56 bits per heavy atom. The highest BCUT2D eigenvalue weighted by Crippen LogP contribution is 2.24. The lowest BCUT2D eigenvalue weighted by Crippen LogP contribution is -2.09. The van der Waals surface area contributed by atoms with Gasteiger partial charge in [-0.2, -0.15) is 0 Å². The zero-order valence-electron chi connectivity index (χ0n) is 10.5. The molecule has 98 valence electrons. The van der Waals surface area contributed by atoms with Crippen LogP contribution >= 0.6 is 0 Å². The molecule has 0 aromatic heterocycles. The number of hydrogen-bond acceptors (Lipinski definition) is 2. The zero-order valence-corrected chi connectivity index (χ0v) is 10.5. The summed E-state index contributed by atoms with van der Waals surface area (Å²) in [4.78, 5) is 11.7. The molecule has 1 aliphatic rings. The number of rotatable bonds is 6. The van der Waals surface area contributed by atoms with Crippen LogP contribution in [-0.4, -0.2) is 19.0 Å². The second kappa shape index (κ2) is 6.64. The monoisotopic (exact) mass is 250 g/mol. The summed E-state index contributed by atoms with van der Waals surface area (Å²) in [5, 5.41) is 0. The first kappa shape index (κ1) is 13.2. The number of benzene rings is 1. The predicted molar refractivity (Wildman–Crippen MR) is 68.1 cm³/mol. The van der Waals surface area contributed by atoms with Crippen molar-refractivity contribution in [2.45, 2.75) is 32.1 Å². The SMILES string of the molecule is O=C(CCOCC1CCCC1)c1ccc(F)cc1. The van der Waals surface area contributed by atoms with Gasteiger partial charge in [0.25, 0.3) is 0 Å². The molecule has 0 aliphatic heterocycles. The molecule has 3 heteroatoms. The van der Waals surface area contributed by atoms with E-state index in [1.54, 1.807) is 0 Å². The van der Waals surface area contributed by atoms with Crippen LogP contribution in [0, 0.1) is 11.7 Å². The molecule has 1 aromatic carbocycles. The van der Waals surface area contributed by atoms with Crippen molar-refractivity contribution in [2.24, 2.45) is 5.92 Å². The molecule has 0 amide bonds. The lowest BCUT2D eigenvalue weighted by Gasteiger charge is -2.09. The average Bonchev–Trinajstić information content (AvgIpc) is 2.88. The second-order valence-electron chi connectivity index (χ2n) is 4.91. The molecule has 0 spiro atoms. The van der Waals surface area contributed by atoms with Crippen LogP contribution in [0.2, 0.25) is 0 Å². The molecule has 1 saturated carbocycles. The van der Waals surface area contributed by atoms with Gasteiger partial charge in [-0.25, -0.2) is 4.39 Å². The van der Waals surface area contributed by atoms with Crippen LogP contribution in [0.3, 0.4) is 0 Å². The van der Waals surface area contributed by atoms with Crippen LogP contribution in [-0.2, 0) is 4.74 Å². The van der Waals surface area contributed by atoms with Gasteiger partial charge in [-0.1, -0.05) is 12.8 Å². The van der Waals surface area contributed by atoms with E-state index < -0.39 is 0 Å². The minimum Gasteiger partial charge on any atom is -0.381 e. The first-order valence-corrected chi connectivity index (χ1v) is 6.62. The molecular weight excluding hydrogens is 231 g/mol. The highest BCUT2D eigenvalue weighted by atomic mass is 19.1. The number of ether oxygens (including phenoxy) is 1. The lowest BCUT2D eigenvalue weighted by molar-refractivity contribution is 0.0797. The Labute approximate surface area is 107 Å². The Kier molecular flexibility index (Phi) is 4.88. The van der Waals surface area contributed by atoms with E-state index in [1.165, 1.54) is 49.9 Å². The fourth-order valence-electron chi connectivity index (χ4n) is 2.37. The van der Waals surface area contributed by atoms with Crippen LogP contribution in [0.5, 0.6) is 0 Å². The van der Waals surface area contributed by atoms with E-state index in [2.05, 4.69) is 0 Å². The molecule has 0 heterocycles. The maximum Gasteiger partial charge on any atom is 0.165 e. The summed E-state index contributed by atoms with van der Waals surface area (Å²) in [7, 11) is 0. The molecule has 18 heavy (non-hydrogen) atoms. The summed E-state index contributed by atoms with van der Waals surface area (Å²) in [6.07, 6.45) is 5.50. The van der Waals surface area contributed by atoms with Crippen molar-refractivity contribution in [3.05, 3.63) is 35.6 Å². The average molecular weight is 250 g/mol. The first-order valence-electron chi connectivity index (χ1n) is 6.62. The maximum absolute atomic E-state index is 12.7. The number of carbonyl (C=O) groups excluding carboxylic acids is 1. The Bertz CT molecular complexity index is 380. The van der Waals surface area contributed by atoms with E-state index in [1.807, 2.05) is 0 Å². The zero-order chi connectivity index (χ0) is 12.8.